The molecule has 0 spiro atoms. The molecule has 0 aromatic rings. The lowest BCUT2D eigenvalue weighted by Crippen LogP contribution is -2.32. The maximum atomic E-state index is 3.69. The van der Waals surface area contributed by atoms with Crippen molar-refractivity contribution >= 4 is 0 Å². The van der Waals surface area contributed by atoms with Gasteiger partial charge in [0.2, 0.25) is 0 Å². The molecule has 0 aromatic carbocycles. The summed E-state index contributed by atoms with van der Waals surface area (Å²) in [6.07, 6.45) is 4.55. The minimum absolute atomic E-state index is 0.845. The molecule has 4 aliphatic rings. The van der Waals surface area contributed by atoms with Gasteiger partial charge < -0.3 is 5.32 Å². The van der Waals surface area contributed by atoms with Crippen LogP contribution in [-0.2, 0) is 0 Å². The molecule has 68 valence electrons. The van der Waals surface area contributed by atoms with E-state index in [9.17, 15) is 0 Å². The second-order valence-corrected chi connectivity index (χ2v) is 5.00. The quantitative estimate of drug-likeness (QED) is 0.674. The van der Waals surface area contributed by atoms with Gasteiger partial charge in [-0.2, -0.15) is 0 Å². The van der Waals surface area contributed by atoms with E-state index in [1.165, 1.54) is 13.0 Å². The molecule has 4 aliphatic carbocycles. The highest BCUT2D eigenvalue weighted by Gasteiger charge is 2.77. The molecule has 1 heteroatoms. The Morgan fingerprint density at radius 1 is 1.42 bits per heavy atom. The first-order chi connectivity index (χ1) is 5.83. The zero-order valence-corrected chi connectivity index (χ0v) is 8.14. The summed E-state index contributed by atoms with van der Waals surface area (Å²) in [7, 11) is 0. The molecule has 1 nitrogen and oxygen atoms in total. The summed E-state index contributed by atoms with van der Waals surface area (Å²) in [6, 6.07) is 0.917. The number of nitrogens with one attached hydrogen (secondary N) is 1. The predicted molar refractivity (Wildman–Crippen MR) is 49.9 cm³/mol. The fourth-order valence-electron chi connectivity index (χ4n) is 4.52. The maximum absolute atomic E-state index is 3.69. The molecule has 0 heterocycles. The summed E-state index contributed by atoms with van der Waals surface area (Å²) in [5.74, 6) is 3.28. The van der Waals surface area contributed by atoms with E-state index >= 15 is 0 Å². The summed E-state index contributed by atoms with van der Waals surface area (Å²) in [5, 5.41) is 3.69. The van der Waals surface area contributed by atoms with Crippen LogP contribution in [0.4, 0.5) is 0 Å². The zero-order valence-electron chi connectivity index (χ0n) is 8.14. The van der Waals surface area contributed by atoms with Gasteiger partial charge in [0.05, 0.1) is 0 Å². The van der Waals surface area contributed by atoms with Crippen molar-refractivity contribution in [3.8, 4) is 0 Å². The molecule has 4 saturated carbocycles. The standard InChI is InChI=1S/C11H19N/c1-3-11-6-7-5-8(11)9(11)10(7)12-4-2/h7-10,12H,3-6H2,1-2H3/t7-,8-,9+,10-,11-/m0/s1. The van der Waals surface area contributed by atoms with E-state index in [2.05, 4.69) is 19.2 Å². The third-order valence-electron chi connectivity index (χ3n) is 4.92. The minimum Gasteiger partial charge on any atom is -0.314 e. The van der Waals surface area contributed by atoms with E-state index in [4.69, 9.17) is 0 Å². The molecule has 4 bridgehead atoms. The van der Waals surface area contributed by atoms with E-state index in [1.54, 1.807) is 12.8 Å². The van der Waals surface area contributed by atoms with Crippen molar-refractivity contribution in [3.63, 3.8) is 0 Å². The largest absolute Gasteiger partial charge is 0.314 e. The van der Waals surface area contributed by atoms with E-state index in [1.807, 2.05) is 0 Å². The van der Waals surface area contributed by atoms with Gasteiger partial charge in [-0.1, -0.05) is 13.8 Å². The van der Waals surface area contributed by atoms with Crippen LogP contribution in [0.1, 0.15) is 33.1 Å². The monoisotopic (exact) mass is 165 g/mol. The van der Waals surface area contributed by atoms with Crippen LogP contribution in [0.15, 0.2) is 0 Å². The molecule has 4 rings (SSSR count). The maximum Gasteiger partial charge on any atom is 0.0132 e. The Bertz CT molecular complexity index is 213. The summed E-state index contributed by atoms with van der Waals surface area (Å²) < 4.78 is 0. The van der Waals surface area contributed by atoms with Gasteiger partial charge in [-0.15, -0.1) is 0 Å². The summed E-state index contributed by atoms with van der Waals surface area (Å²) >= 11 is 0. The van der Waals surface area contributed by atoms with Crippen LogP contribution in [0, 0.1) is 23.2 Å². The molecule has 0 aliphatic heterocycles. The highest BCUT2D eigenvalue weighted by atomic mass is 15.0. The molecule has 1 N–H and O–H groups in total. The molecule has 12 heavy (non-hydrogen) atoms. The molecule has 0 unspecified atom stereocenters. The van der Waals surface area contributed by atoms with Gasteiger partial charge in [0.25, 0.3) is 0 Å². The van der Waals surface area contributed by atoms with Gasteiger partial charge in [-0.25, -0.2) is 0 Å². The van der Waals surface area contributed by atoms with Crippen LogP contribution in [0.5, 0.6) is 0 Å². The second kappa shape index (κ2) is 2.06. The normalized spacial score (nSPS) is 59.5. The van der Waals surface area contributed by atoms with Crippen molar-refractivity contribution in [1.82, 2.24) is 5.32 Å². The van der Waals surface area contributed by atoms with Gasteiger partial charge in [0.15, 0.2) is 0 Å². The van der Waals surface area contributed by atoms with E-state index < -0.39 is 0 Å². The highest BCUT2D eigenvalue weighted by Crippen LogP contribution is 2.80. The van der Waals surface area contributed by atoms with Crippen molar-refractivity contribution in [2.75, 3.05) is 6.54 Å². The van der Waals surface area contributed by atoms with Crippen LogP contribution in [0.2, 0.25) is 0 Å². The van der Waals surface area contributed by atoms with E-state index in [0.29, 0.717) is 0 Å². The fraction of sp³-hybridized carbons (Fsp3) is 1.00. The molecule has 0 amide bonds. The zero-order chi connectivity index (χ0) is 8.34. The van der Waals surface area contributed by atoms with Gasteiger partial charge in [-0.05, 0) is 49.0 Å². The minimum atomic E-state index is 0.845. The molecule has 0 saturated heterocycles. The lowest BCUT2D eigenvalue weighted by molar-refractivity contribution is 0.430. The van der Waals surface area contributed by atoms with Crippen LogP contribution in [0.3, 0.4) is 0 Å². The van der Waals surface area contributed by atoms with Crippen LogP contribution in [0.25, 0.3) is 0 Å². The molecule has 5 atom stereocenters. The lowest BCUT2D eigenvalue weighted by atomic mass is 10.0. The van der Waals surface area contributed by atoms with Gasteiger partial charge in [0.1, 0.15) is 0 Å². The highest BCUT2D eigenvalue weighted by molar-refractivity contribution is 5.27. The van der Waals surface area contributed by atoms with Crippen LogP contribution in [-0.4, -0.2) is 12.6 Å². The van der Waals surface area contributed by atoms with Gasteiger partial charge in [-0.3, -0.25) is 0 Å². The summed E-state index contributed by atoms with van der Waals surface area (Å²) in [5.41, 5.74) is 0.845. The Morgan fingerprint density at radius 2 is 2.25 bits per heavy atom. The molecular weight excluding hydrogens is 146 g/mol. The average Bonchev–Trinajstić information content (AvgIpc) is 2.49. The van der Waals surface area contributed by atoms with Crippen LogP contribution >= 0.6 is 0 Å². The van der Waals surface area contributed by atoms with Gasteiger partial charge >= 0.3 is 0 Å². The van der Waals surface area contributed by atoms with Gasteiger partial charge in [0, 0.05) is 6.04 Å². The predicted octanol–water partition coefficient (Wildman–Crippen LogP) is 2.03. The Balaban J connectivity index is 1.81. The van der Waals surface area contributed by atoms with E-state index in [0.717, 1.165) is 29.2 Å². The van der Waals surface area contributed by atoms with Crippen molar-refractivity contribution in [1.29, 1.82) is 0 Å². The summed E-state index contributed by atoms with van der Waals surface area (Å²) in [4.78, 5) is 0. The van der Waals surface area contributed by atoms with Crippen molar-refractivity contribution < 1.29 is 0 Å². The first-order valence-electron chi connectivity index (χ1n) is 5.57. The van der Waals surface area contributed by atoms with Crippen molar-refractivity contribution in [2.45, 2.75) is 39.2 Å². The second-order valence-electron chi connectivity index (χ2n) is 5.00. The SMILES string of the molecule is CCN[C@H]1[C@H]2C[C@H]3[C@H]1[C@@]3(CC)C2. The molecular formula is C11H19N. The Labute approximate surface area is 74.9 Å². The smallest absolute Gasteiger partial charge is 0.0132 e. The van der Waals surface area contributed by atoms with Crippen molar-refractivity contribution in [2.24, 2.45) is 23.2 Å². The molecule has 0 aromatic heterocycles. The first-order valence-corrected chi connectivity index (χ1v) is 5.57. The Hall–Kier alpha value is -0.0400. The third-order valence-corrected chi connectivity index (χ3v) is 4.92. The lowest BCUT2D eigenvalue weighted by Gasteiger charge is -2.14. The van der Waals surface area contributed by atoms with Crippen LogP contribution < -0.4 is 5.32 Å². The number of hydrogen-bond acceptors (Lipinski definition) is 1. The van der Waals surface area contributed by atoms with E-state index in [-0.39, 0.29) is 0 Å². The topological polar surface area (TPSA) is 12.0 Å². The fourth-order valence-corrected chi connectivity index (χ4v) is 4.52. The summed E-state index contributed by atoms with van der Waals surface area (Å²) in [6.45, 7) is 5.81. The number of rotatable bonds is 3. The Kier molecular flexibility index (Phi) is 1.27. The average molecular weight is 165 g/mol. The number of hydrogen-bond donors (Lipinski definition) is 1. The Morgan fingerprint density at radius 3 is 2.75 bits per heavy atom. The third kappa shape index (κ3) is 0.585. The molecule has 4 fully saturated rings. The first kappa shape index (κ1) is 7.37. The molecule has 0 radical (unpaired) electrons. The van der Waals surface area contributed by atoms with Crippen molar-refractivity contribution in [3.05, 3.63) is 0 Å².